The Bertz CT molecular complexity index is 2180. The summed E-state index contributed by atoms with van der Waals surface area (Å²) in [6, 6.07) is 53.3. The van der Waals surface area contributed by atoms with Crippen LogP contribution in [0.15, 0.2) is 162 Å². The maximum absolute atomic E-state index is 6.46. The van der Waals surface area contributed by atoms with Gasteiger partial charge in [0.25, 0.3) is 0 Å². The van der Waals surface area contributed by atoms with Crippen molar-refractivity contribution in [3.63, 3.8) is 0 Å². The number of rotatable bonds is 5. The Morgan fingerprint density at radius 3 is 1.93 bits per heavy atom. The monoisotopic (exact) mass is 538 g/mol. The van der Waals surface area contributed by atoms with Crippen molar-refractivity contribution < 1.29 is 4.42 Å². The van der Waals surface area contributed by atoms with Crippen LogP contribution in [0.3, 0.4) is 0 Å². The molecule has 8 rings (SSSR count). The van der Waals surface area contributed by atoms with E-state index < -0.39 is 0 Å². The molecule has 0 unspecified atom stereocenters. The van der Waals surface area contributed by atoms with Gasteiger partial charge in [-0.25, -0.2) is 0 Å². The summed E-state index contributed by atoms with van der Waals surface area (Å²) in [7, 11) is 0. The first kappa shape index (κ1) is 24.2. The third-order valence-electron chi connectivity index (χ3n) is 7.89. The van der Waals surface area contributed by atoms with Crippen molar-refractivity contribution in [1.82, 2.24) is 4.98 Å². The van der Waals surface area contributed by atoms with Gasteiger partial charge in [0.2, 0.25) is 0 Å². The van der Waals surface area contributed by atoms with Gasteiger partial charge in [-0.3, -0.25) is 4.98 Å². The van der Waals surface area contributed by atoms with Crippen molar-refractivity contribution in [3.05, 3.63) is 158 Å². The average Bonchev–Trinajstić information content (AvgIpc) is 3.45. The topological polar surface area (TPSA) is 29.3 Å². The molecule has 8 aromatic rings. The molecule has 0 aliphatic heterocycles. The molecule has 2 aromatic heterocycles. The van der Waals surface area contributed by atoms with E-state index in [0.717, 1.165) is 39.1 Å². The third-order valence-corrected chi connectivity index (χ3v) is 7.89. The van der Waals surface area contributed by atoms with Gasteiger partial charge in [0.05, 0.1) is 5.69 Å². The minimum atomic E-state index is 0.783. The Labute approximate surface area is 243 Å². The Kier molecular flexibility index (Phi) is 5.79. The fourth-order valence-corrected chi connectivity index (χ4v) is 5.82. The number of fused-ring (bicyclic) bond motifs is 4. The molecule has 0 atom stereocenters. The summed E-state index contributed by atoms with van der Waals surface area (Å²) in [6.07, 6.45) is 1.82. The molecule has 0 fully saturated rings. The first-order chi connectivity index (χ1) is 20.8. The van der Waals surface area contributed by atoms with Gasteiger partial charge in [-0.15, -0.1) is 0 Å². The molecule has 42 heavy (non-hydrogen) atoms. The van der Waals surface area contributed by atoms with Crippen LogP contribution in [0.25, 0.3) is 55.1 Å². The summed E-state index contributed by atoms with van der Waals surface area (Å²) in [5, 5.41) is 3.38. The van der Waals surface area contributed by atoms with Gasteiger partial charge in [0.15, 0.2) is 11.2 Å². The van der Waals surface area contributed by atoms with Crippen LogP contribution in [0.4, 0.5) is 17.1 Å². The maximum Gasteiger partial charge on any atom is 0.161 e. The lowest BCUT2D eigenvalue weighted by atomic mass is 10.0. The molecule has 3 nitrogen and oxygen atoms in total. The number of hydrogen-bond acceptors (Lipinski definition) is 3. The molecule has 0 bridgehead atoms. The largest absolute Gasteiger partial charge is 0.452 e. The van der Waals surface area contributed by atoms with E-state index in [4.69, 9.17) is 4.42 Å². The van der Waals surface area contributed by atoms with Crippen LogP contribution in [0.5, 0.6) is 0 Å². The van der Waals surface area contributed by atoms with Crippen LogP contribution in [-0.4, -0.2) is 4.98 Å². The lowest BCUT2D eigenvalue weighted by Gasteiger charge is -2.26. The van der Waals surface area contributed by atoms with Crippen LogP contribution in [0.2, 0.25) is 0 Å². The quantitative estimate of drug-likeness (QED) is 0.218. The zero-order chi connectivity index (χ0) is 27.9. The minimum Gasteiger partial charge on any atom is -0.452 e. The zero-order valence-electron chi connectivity index (χ0n) is 22.8. The number of aromatic nitrogens is 1. The second-order valence-electron chi connectivity index (χ2n) is 10.5. The van der Waals surface area contributed by atoms with Gasteiger partial charge in [0, 0.05) is 23.0 Å². The lowest BCUT2D eigenvalue weighted by molar-refractivity contribution is 0.668. The fourth-order valence-electron chi connectivity index (χ4n) is 5.82. The van der Waals surface area contributed by atoms with Gasteiger partial charge in [0.1, 0.15) is 5.52 Å². The number of hydrogen-bond donors (Lipinski definition) is 0. The summed E-state index contributed by atoms with van der Waals surface area (Å²) in [5.74, 6) is 0. The highest BCUT2D eigenvalue weighted by atomic mass is 16.3. The smallest absolute Gasteiger partial charge is 0.161 e. The number of pyridine rings is 1. The Morgan fingerprint density at radius 1 is 0.476 bits per heavy atom. The van der Waals surface area contributed by atoms with Crippen LogP contribution in [-0.2, 0) is 0 Å². The van der Waals surface area contributed by atoms with E-state index >= 15 is 0 Å². The predicted octanol–water partition coefficient (Wildman–Crippen LogP) is 10.9. The van der Waals surface area contributed by atoms with Gasteiger partial charge >= 0.3 is 0 Å². The number of furan rings is 1. The van der Waals surface area contributed by atoms with E-state index in [1.807, 2.05) is 24.4 Å². The average molecular weight is 539 g/mol. The highest BCUT2D eigenvalue weighted by molar-refractivity contribution is 6.08. The Hall–Kier alpha value is -5.67. The molecule has 198 valence electrons. The van der Waals surface area contributed by atoms with E-state index in [2.05, 4.69) is 143 Å². The Morgan fingerprint density at radius 2 is 1.14 bits per heavy atom. The maximum atomic E-state index is 6.46. The standard InChI is InChI=1S/C39H26N2O/c1-3-9-27(10-4-1)29-18-21-33(22-19-29)41(36-14-7-13-35-38-37(42-39(35)36)15-8-24-40-38)34-23-20-30-16-17-31(25-32(30)26-34)28-11-5-2-6-12-28/h1-26H. The van der Waals surface area contributed by atoms with Gasteiger partial charge < -0.3 is 9.32 Å². The van der Waals surface area contributed by atoms with Crippen molar-refractivity contribution in [2.45, 2.75) is 0 Å². The van der Waals surface area contributed by atoms with E-state index in [9.17, 15) is 0 Å². The second kappa shape index (κ2) is 10.1. The van der Waals surface area contributed by atoms with Gasteiger partial charge in [-0.1, -0.05) is 97.1 Å². The summed E-state index contributed by atoms with van der Waals surface area (Å²) in [4.78, 5) is 6.91. The summed E-state index contributed by atoms with van der Waals surface area (Å²) < 4.78 is 6.46. The molecular formula is C39H26N2O. The molecule has 0 radical (unpaired) electrons. The highest BCUT2D eigenvalue weighted by Crippen LogP contribution is 2.43. The SMILES string of the molecule is c1ccc(-c2ccc(N(c3ccc4ccc(-c5ccccc5)cc4c3)c3cccc4c3oc3cccnc34)cc2)cc1. The molecule has 0 aliphatic carbocycles. The molecule has 0 saturated heterocycles. The highest BCUT2D eigenvalue weighted by Gasteiger charge is 2.20. The van der Waals surface area contributed by atoms with E-state index in [1.165, 1.54) is 33.0 Å². The van der Waals surface area contributed by atoms with E-state index in [-0.39, 0.29) is 0 Å². The molecule has 3 heteroatoms. The summed E-state index contributed by atoms with van der Waals surface area (Å²) >= 11 is 0. The van der Waals surface area contributed by atoms with Gasteiger partial charge in [-0.2, -0.15) is 0 Å². The van der Waals surface area contributed by atoms with Crippen molar-refractivity contribution >= 4 is 49.9 Å². The zero-order valence-corrected chi connectivity index (χ0v) is 22.8. The Balaban J connectivity index is 1.32. The van der Waals surface area contributed by atoms with Crippen LogP contribution in [0, 0.1) is 0 Å². The minimum absolute atomic E-state index is 0.783. The van der Waals surface area contributed by atoms with Crippen LogP contribution >= 0.6 is 0 Å². The normalized spacial score (nSPS) is 11.3. The molecule has 6 aromatic carbocycles. The summed E-state index contributed by atoms with van der Waals surface area (Å²) in [5.41, 5.74) is 10.3. The molecule has 0 aliphatic rings. The first-order valence-electron chi connectivity index (χ1n) is 14.1. The number of nitrogens with zero attached hydrogens (tertiary/aromatic N) is 2. The van der Waals surface area contributed by atoms with Crippen molar-refractivity contribution in [1.29, 1.82) is 0 Å². The van der Waals surface area contributed by atoms with Crippen molar-refractivity contribution in [2.75, 3.05) is 4.90 Å². The molecule has 0 amide bonds. The predicted molar refractivity (Wildman–Crippen MR) is 175 cm³/mol. The third kappa shape index (κ3) is 4.20. The number of anilines is 3. The van der Waals surface area contributed by atoms with Crippen LogP contribution in [0.1, 0.15) is 0 Å². The molecule has 2 heterocycles. The lowest BCUT2D eigenvalue weighted by Crippen LogP contribution is -2.10. The molecule has 0 N–H and O–H groups in total. The number of benzene rings is 6. The van der Waals surface area contributed by atoms with Crippen molar-refractivity contribution in [2.24, 2.45) is 0 Å². The molecular weight excluding hydrogens is 512 g/mol. The number of para-hydroxylation sites is 1. The van der Waals surface area contributed by atoms with Crippen LogP contribution < -0.4 is 4.90 Å². The second-order valence-corrected chi connectivity index (χ2v) is 10.5. The van der Waals surface area contributed by atoms with E-state index in [1.54, 1.807) is 0 Å². The van der Waals surface area contributed by atoms with Gasteiger partial charge in [-0.05, 0) is 87.6 Å². The summed E-state index contributed by atoms with van der Waals surface area (Å²) in [6.45, 7) is 0. The molecule has 0 saturated carbocycles. The van der Waals surface area contributed by atoms with Crippen molar-refractivity contribution in [3.8, 4) is 22.3 Å². The van der Waals surface area contributed by atoms with E-state index in [0.29, 0.717) is 0 Å². The fraction of sp³-hybridized carbons (Fsp3) is 0. The first-order valence-corrected chi connectivity index (χ1v) is 14.1. The molecule has 0 spiro atoms.